The Kier molecular flexibility index (Phi) is 5.85. The zero-order valence-electron chi connectivity index (χ0n) is 19.0. The number of hydrogen-bond acceptors (Lipinski definition) is 4. The van der Waals surface area contributed by atoms with Crippen LogP contribution in [-0.2, 0) is 27.4 Å². The van der Waals surface area contributed by atoms with Crippen LogP contribution in [0, 0.1) is 5.41 Å². The molecule has 0 amide bonds. The van der Waals surface area contributed by atoms with Crippen molar-refractivity contribution in [3.63, 3.8) is 0 Å². The topological polar surface area (TPSA) is 64.4 Å². The first-order valence-corrected chi connectivity index (χ1v) is 12.6. The van der Waals surface area contributed by atoms with Gasteiger partial charge < -0.3 is 4.74 Å². The average Bonchev–Trinajstić information content (AvgIpc) is 3.24. The lowest BCUT2D eigenvalue weighted by Gasteiger charge is -2.45. The molecule has 1 saturated heterocycles. The molecule has 0 bridgehead atoms. The van der Waals surface area contributed by atoms with Crippen molar-refractivity contribution in [3.8, 4) is 5.69 Å². The SMILES string of the molecule is COCC12Cc3cnn(-c4ccccc4)c3C=C1CCN(S(=O)(=O)c1ccc(C(F)(F)F)cc1)C2. The molecule has 2 heterocycles. The molecule has 0 radical (unpaired) electrons. The Bertz CT molecular complexity index is 1370. The quantitative estimate of drug-likeness (QED) is 0.512. The van der Waals surface area contributed by atoms with Crippen molar-refractivity contribution < 1.29 is 26.3 Å². The first-order valence-electron chi connectivity index (χ1n) is 11.1. The van der Waals surface area contributed by atoms with Crippen LogP contribution in [0.1, 0.15) is 23.2 Å². The standard InChI is InChI=1S/C25H24F3N3O3S/c1-34-17-24-14-18-15-29-31(21-5-3-2-4-6-21)23(18)13-20(24)11-12-30(16-24)35(32,33)22-9-7-19(8-10-22)25(26,27)28/h2-10,13,15H,11-12,14,16-17H2,1H3. The molecule has 1 atom stereocenters. The fraction of sp³-hybridized carbons (Fsp3) is 0.320. The lowest BCUT2D eigenvalue weighted by atomic mass is 9.69. The highest BCUT2D eigenvalue weighted by Crippen LogP contribution is 2.45. The molecule has 0 spiro atoms. The van der Waals surface area contributed by atoms with Gasteiger partial charge in [-0.15, -0.1) is 0 Å². The molecule has 35 heavy (non-hydrogen) atoms. The highest BCUT2D eigenvalue weighted by atomic mass is 32.2. The van der Waals surface area contributed by atoms with E-state index in [1.807, 2.05) is 35.0 Å². The predicted octanol–water partition coefficient (Wildman–Crippen LogP) is 4.56. The summed E-state index contributed by atoms with van der Waals surface area (Å²) in [6.45, 7) is 0.718. The first-order chi connectivity index (χ1) is 16.6. The van der Waals surface area contributed by atoms with E-state index in [0.29, 0.717) is 19.4 Å². The number of nitrogens with zero attached hydrogens (tertiary/aromatic N) is 3. The highest BCUT2D eigenvalue weighted by molar-refractivity contribution is 7.89. The third kappa shape index (κ3) is 4.19. The second-order valence-electron chi connectivity index (χ2n) is 8.97. The zero-order chi connectivity index (χ0) is 24.8. The Morgan fingerprint density at radius 1 is 1.09 bits per heavy atom. The molecule has 0 saturated carbocycles. The number of fused-ring (bicyclic) bond motifs is 2. The maximum atomic E-state index is 13.4. The molecule has 1 unspecified atom stereocenters. The number of rotatable bonds is 5. The molecule has 1 fully saturated rings. The molecular formula is C25H24F3N3O3S. The predicted molar refractivity (Wildman–Crippen MR) is 124 cm³/mol. The monoisotopic (exact) mass is 503 g/mol. The fourth-order valence-corrected chi connectivity index (χ4v) is 6.57. The zero-order valence-corrected chi connectivity index (χ0v) is 19.8. The van der Waals surface area contributed by atoms with Gasteiger partial charge in [0.2, 0.25) is 10.0 Å². The second kappa shape index (κ2) is 8.61. The number of aromatic nitrogens is 2. The van der Waals surface area contributed by atoms with Crippen molar-refractivity contribution in [2.45, 2.75) is 23.9 Å². The first kappa shape index (κ1) is 23.8. The third-order valence-corrected chi connectivity index (χ3v) is 8.62. The third-order valence-electron chi connectivity index (χ3n) is 6.76. The summed E-state index contributed by atoms with van der Waals surface area (Å²) < 4.78 is 74.3. The van der Waals surface area contributed by atoms with E-state index in [1.54, 1.807) is 13.3 Å². The van der Waals surface area contributed by atoms with E-state index in [9.17, 15) is 21.6 Å². The van der Waals surface area contributed by atoms with E-state index in [2.05, 4.69) is 11.2 Å². The molecule has 1 aliphatic heterocycles. The van der Waals surface area contributed by atoms with Crippen LogP contribution in [0.4, 0.5) is 13.2 Å². The fourth-order valence-electron chi connectivity index (χ4n) is 5.05. The Balaban J connectivity index is 1.47. The van der Waals surface area contributed by atoms with Gasteiger partial charge in [-0.05, 0) is 60.9 Å². The van der Waals surface area contributed by atoms with Crippen LogP contribution in [0.5, 0.6) is 0 Å². The molecule has 1 aliphatic carbocycles. The van der Waals surface area contributed by atoms with Crippen molar-refractivity contribution in [1.82, 2.24) is 14.1 Å². The number of alkyl halides is 3. The van der Waals surface area contributed by atoms with E-state index in [4.69, 9.17) is 4.74 Å². The summed E-state index contributed by atoms with van der Waals surface area (Å²) in [4.78, 5) is -0.154. The smallest absolute Gasteiger partial charge is 0.384 e. The summed E-state index contributed by atoms with van der Waals surface area (Å²) in [5.74, 6) is 0. The summed E-state index contributed by atoms with van der Waals surface area (Å²) >= 11 is 0. The number of hydrogen-bond donors (Lipinski definition) is 0. The minimum absolute atomic E-state index is 0.154. The van der Waals surface area contributed by atoms with Gasteiger partial charge in [0.15, 0.2) is 0 Å². The van der Waals surface area contributed by atoms with Crippen molar-refractivity contribution in [3.05, 3.63) is 83.2 Å². The van der Waals surface area contributed by atoms with Crippen LogP contribution < -0.4 is 0 Å². The van der Waals surface area contributed by atoms with Gasteiger partial charge in [-0.3, -0.25) is 0 Å². The summed E-state index contributed by atoms with van der Waals surface area (Å²) in [7, 11) is -2.40. The van der Waals surface area contributed by atoms with Gasteiger partial charge in [0.25, 0.3) is 0 Å². The number of piperidine rings is 1. The van der Waals surface area contributed by atoms with Crippen molar-refractivity contribution in [2.75, 3.05) is 26.8 Å². The molecule has 5 rings (SSSR count). The van der Waals surface area contributed by atoms with Gasteiger partial charge >= 0.3 is 6.18 Å². The lowest BCUT2D eigenvalue weighted by molar-refractivity contribution is -0.137. The molecule has 184 valence electrons. The van der Waals surface area contributed by atoms with Gasteiger partial charge in [-0.25, -0.2) is 13.1 Å². The Labute approximate surface area is 201 Å². The number of para-hydroxylation sites is 1. The molecule has 6 nitrogen and oxygen atoms in total. The summed E-state index contributed by atoms with van der Waals surface area (Å²) in [5.41, 5.74) is 2.52. The maximum absolute atomic E-state index is 13.4. The molecular weight excluding hydrogens is 479 g/mol. The molecule has 2 aromatic carbocycles. The number of sulfonamides is 1. The summed E-state index contributed by atoms with van der Waals surface area (Å²) in [6, 6.07) is 13.4. The largest absolute Gasteiger partial charge is 0.416 e. The molecule has 0 N–H and O–H groups in total. The normalized spacial score (nSPS) is 20.7. The minimum Gasteiger partial charge on any atom is -0.384 e. The van der Waals surface area contributed by atoms with Crippen LogP contribution in [0.15, 0.2) is 71.3 Å². The van der Waals surface area contributed by atoms with Crippen molar-refractivity contribution >= 4 is 16.1 Å². The van der Waals surface area contributed by atoms with Gasteiger partial charge in [-0.2, -0.15) is 22.6 Å². The van der Waals surface area contributed by atoms with Crippen LogP contribution in [-0.4, -0.2) is 49.3 Å². The van der Waals surface area contributed by atoms with Crippen molar-refractivity contribution in [1.29, 1.82) is 0 Å². The number of halogens is 3. The van der Waals surface area contributed by atoms with Crippen LogP contribution >= 0.6 is 0 Å². The molecule has 1 aromatic heterocycles. The van der Waals surface area contributed by atoms with Gasteiger partial charge in [0.1, 0.15) is 0 Å². The van der Waals surface area contributed by atoms with E-state index in [-0.39, 0.29) is 18.0 Å². The Morgan fingerprint density at radius 2 is 1.80 bits per heavy atom. The number of methoxy groups -OCH3 is 1. The van der Waals surface area contributed by atoms with Crippen LogP contribution in [0.2, 0.25) is 0 Å². The molecule has 10 heteroatoms. The van der Waals surface area contributed by atoms with E-state index in [1.165, 1.54) is 4.31 Å². The van der Waals surface area contributed by atoms with Crippen LogP contribution in [0.3, 0.4) is 0 Å². The van der Waals surface area contributed by atoms with E-state index >= 15 is 0 Å². The summed E-state index contributed by atoms with van der Waals surface area (Å²) in [6.07, 6.45) is 0.395. The van der Waals surface area contributed by atoms with Gasteiger partial charge in [0.05, 0.1) is 34.6 Å². The van der Waals surface area contributed by atoms with Gasteiger partial charge in [-0.1, -0.05) is 23.8 Å². The number of ether oxygens (including phenoxy) is 1. The van der Waals surface area contributed by atoms with E-state index in [0.717, 1.165) is 46.8 Å². The van der Waals surface area contributed by atoms with E-state index < -0.39 is 27.2 Å². The minimum atomic E-state index is -4.53. The highest BCUT2D eigenvalue weighted by Gasteiger charge is 2.46. The molecule has 2 aliphatic rings. The Morgan fingerprint density at radius 3 is 2.46 bits per heavy atom. The number of benzene rings is 2. The second-order valence-corrected chi connectivity index (χ2v) is 10.9. The Hall–Kier alpha value is -2.95. The van der Waals surface area contributed by atoms with Gasteiger partial charge in [0, 0.05) is 25.6 Å². The van der Waals surface area contributed by atoms with Crippen LogP contribution in [0.25, 0.3) is 11.8 Å². The lowest BCUT2D eigenvalue weighted by Crippen LogP contribution is -2.51. The maximum Gasteiger partial charge on any atom is 0.416 e. The summed E-state index contributed by atoms with van der Waals surface area (Å²) in [5, 5.41) is 4.57. The average molecular weight is 504 g/mol. The molecule has 3 aromatic rings. The van der Waals surface area contributed by atoms with Crippen molar-refractivity contribution in [2.24, 2.45) is 5.41 Å².